The van der Waals surface area contributed by atoms with E-state index in [2.05, 4.69) is 0 Å². The third kappa shape index (κ3) is 5.77. The Kier molecular flexibility index (Phi) is 4.75. The molecule has 2 unspecified atom stereocenters. The molecule has 2 nitrogen and oxygen atoms in total. The molecule has 0 heterocycles. The summed E-state index contributed by atoms with van der Waals surface area (Å²) in [4.78, 5) is 20.9. The topological polar surface area (TPSA) is 34.1 Å². The maximum absolute atomic E-state index is 10.6. The number of aldehydes is 1. The van der Waals surface area contributed by atoms with E-state index < -0.39 is 0 Å². The first-order valence-electron chi connectivity index (χ1n) is 4.01. The molecule has 0 aliphatic rings. The van der Waals surface area contributed by atoms with E-state index >= 15 is 0 Å². The third-order valence-electron chi connectivity index (χ3n) is 1.64. The first kappa shape index (κ1) is 10.3. The van der Waals surface area contributed by atoms with Crippen LogP contribution in [0.2, 0.25) is 0 Å². The highest BCUT2D eigenvalue weighted by atomic mass is 16.1. The van der Waals surface area contributed by atoms with Crippen LogP contribution >= 0.6 is 0 Å². The lowest BCUT2D eigenvalue weighted by molar-refractivity contribution is -0.118. The zero-order valence-corrected chi connectivity index (χ0v) is 7.46. The molecule has 2 heteroatoms. The van der Waals surface area contributed by atoms with Crippen molar-refractivity contribution in [2.75, 3.05) is 0 Å². The minimum absolute atomic E-state index is 0.0874. The Morgan fingerprint density at radius 1 is 1.45 bits per heavy atom. The normalized spacial score (nSPS) is 15.5. The van der Waals surface area contributed by atoms with Gasteiger partial charge in [-0.2, -0.15) is 0 Å². The van der Waals surface area contributed by atoms with Gasteiger partial charge in [0.05, 0.1) is 0 Å². The number of ketones is 1. The number of Topliss-reactive ketones (excluding diaryl/α,β-unsaturated/α-hetero) is 1. The quantitative estimate of drug-likeness (QED) is 0.569. The van der Waals surface area contributed by atoms with Crippen LogP contribution in [0.1, 0.15) is 33.6 Å². The molecule has 0 amide bonds. The molecule has 11 heavy (non-hydrogen) atoms. The van der Waals surface area contributed by atoms with E-state index in [1.54, 1.807) is 6.92 Å². The van der Waals surface area contributed by atoms with Gasteiger partial charge in [0.1, 0.15) is 12.1 Å². The predicted molar refractivity (Wildman–Crippen MR) is 44.3 cm³/mol. The Morgan fingerprint density at radius 3 is 2.36 bits per heavy atom. The third-order valence-corrected chi connectivity index (χ3v) is 1.64. The lowest BCUT2D eigenvalue weighted by atomic mass is 9.94. The number of carbonyl (C=O) groups is 2. The number of hydrogen-bond acceptors (Lipinski definition) is 2. The summed E-state index contributed by atoms with van der Waals surface area (Å²) in [5.74, 6) is 0.632. The van der Waals surface area contributed by atoms with E-state index in [0.29, 0.717) is 12.3 Å². The molecular formula is C9H16O2. The standard InChI is InChI=1S/C9H16O2/c1-7(5-9(3)11)4-8(2)6-10/h6-8H,4-5H2,1-3H3. The summed E-state index contributed by atoms with van der Waals surface area (Å²) >= 11 is 0. The van der Waals surface area contributed by atoms with Gasteiger partial charge in [0.15, 0.2) is 0 Å². The minimum atomic E-state index is 0.0874. The second-order valence-corrected chi connectivity index (χ2v) is 3.36. The van der Waals surface area contributed by atoms with Gasteiger partial charge in [-0.25, -0.2) is 0 Å². The largest absolute Gasteiger partial charge is 0.303 e. The van der Waals surface area contributed by atoms with Crippen molar-refractivity contribution in [3.05, 3.63) is 0 Å². The molecule has 2 atom stereocenters. The van der Waals surface area contributed by atoms with Gasteiger partial charge in [-0.05, 0) is 19.3 Å². The fraction of sp³-hybridized carbons (Fsp3) is 0.778. The average molecular weight is 156 g/mol. The van der Waals surface area contributed by atoms with E-state index in [1.165, 1.54) is 0 Å². The van der Waals surface area contributed by atoms with E-state index in [1.807, 2.05) is 13.8 Å². The van der Waals surface area contributed by atoms with Crippen LogP contribution in [-0.4, -0.2) is 12.1 Å². The Morgan fingerprint density at radius 2 is 2.00 bits per heavy atom. The first-order valence-corrected chi connectivity index (χ1v) is 4.01. The number of carbonyl (C=O) groups excluding carboxylic acids is 2. The smallest absolute Gasteiger partial charge is 0.130 e. The summed E-state index contributed by atoms with van der Waals surface area (Å²) in [6, 6.07) is 0. The van der Waals surface area contributed by atoms with Crippen LogP contribution in [0.25, 0.3) is 0 Å². The number of rotatable bonds is 5. The molecule has 0 radical (unpaired) electrons. The van der Waals surface area contributed by atoms with E-state index in [4.69, 9.17) is 0 Å². The Bertz CT molecular complexity index is 140. The zero-order chi connectivity index (χ0) is 8.85. The van der Waals surface area contributed by atoms with Gasteiger partial charge in [-0.1, -0.05) is 13.8 Å². The van der Waals surface area contributed by atoms with Crippen LogP contribution in [0, 0.1) is 11.8 Å². The summed E-state index contributed by atoms with van der Waals surface area (Å²) < 4.78 is 0. The molecule has 0 aliphatic carbocycles. The van der Waals surface area contributed by atoms with E-state index in [-0.39, 0.29) is 11.7 Å². The van der Waals surface area contributed by atoms with Crippen molar-refractivity contribution in [1.82, 2.24) is 0 Å². The van der Waals surface area contributed by atoms with Gasteiger partial charge in [0.25, 0.3) is 0 Å². The molecule has 0 saturated carbocycles. The van der Waals surface area contributed by atoms with Gasteiger partial charge in [0.2, 0.25) is 0 Å². The molecule has 64 valence electrons. The molecule has 0 saturated heterocycles. The van der Waals surface area contributed by atoms with E-state index in [9.17, 15) is 9.59 Å². The SMILES string of the molecule is CC(=O)CC(C)CC(C)C=O. The average Bonchev–Trinajstić information content (AvgIpc) is 1.85. The van der Waals surface area contributed by atoms with Gasteiger partial charge in [-0.15, -0.1) is 0 Å². The van der Waals surface area contributed by atoms with Crippen LogP contribution in [0.5, 0.6) is 0 Å². The molecule has 0 aromatic rings. The molecule has 0 aliphatic heterocycles. The van der Waals surface area contributed by atoms with Crippen LogP contribution in [0.15, 0.2) is 0 Å². The highest BCUT2D eigenvalue weighted by molar-refractivity contribution is 5.75. The second-order valence-electron chi connectivity index (χ2n) is 3.36. The summed E-state index contributed by atoms with van der Waals surface area (Å²) in [5, 5.41) is 0. The lowest BCUT2D eigenvalue weighted by Crippen LogP contribution is -2.07. The first-order chi connectivity index (χ1) is 5.06. The predicted octanol–water partition coefficient (Wildman–Crippen LogP) is 1.83. The van der Waals surface area contributed by atoms with Crippen molar-refractivity contribution >= 4 is 12.1 Å². The summed E-state index contributed by atoms with van der Waals surface area (Å²) in [7, 11) is 0. The second kappa shape index (κ2) is 5.05. The molecule has 0 rings (SSSR count). The van der Waals surface area contributed by atoms with Crippen molar-refractivity contribution in [2.24, 2.45) is 11.8 Å². The molecule has 0 aromatic heterocycles. The number of hydrogen-bond donors (Lipinski definition) is 0. The molecular weight excluding hydrogens is 140 g/mol. The Labute approximate surface area is 68.0 Å². The highest BCUT2D eigenvalue weighted by Crippen LogP contribution is 2.13. The monoisotopic (exact) mass is 156 g/mol. The van der Waals surface area contributed by atoms with Crippen LogP contribution in [-0.2, 0) is 9.59 Å². The maximum atomic E-state index is 10.6. The summed E-state index contributed by atoms with van der Waals surface area (Å²) in [5.41, 5.74) is 0. The van der Waals surface area contributed by atoms with Gasteiger partial charge < -0.3 is 9.59 Å². The molecule has 0 N–H and O–H groups in total. The van der Waals surface area contributed by atoms with Crippen LogP contribution < -0.4 is 0 Å². The summed E-state index contributed by atoms with van der Waals surface area (Å²) in [6.45, 7) is 5.47. The Hall–Kier alpha value is -0.660. The zero-order valence-electron chi connectivity index (χ0n) is 7.46. The van der Waals surface area contributed by atoms with Crippen molar-refractivity contribution in [1.29, 1.82) is 0 Å². The molecule has 0 spiro atoms. The van der Waals surface area contributed by atoms with Crippen molar-refractivity contribution < 1.29 is 9.59 Å². The minimum Gasteiger partial charge on any atom is -0.303 e. The van der Waals surface area contributed by atoms with Gasteiger partial charge in [0, 0.05) is 12.3 Å². The van der Waals surface area contributed by atoms with Crippen molar-refractivity contribution in [3.8, 4) is 0 Å². The van der Waals surface area contributed by atoms with Crippen molar-refractivity contribution in [2.45, 2.75) is 33.6 Å². The molecule has 0 aromatic carbocycles. The molecule has 0 fully saturated rings. The molecule has 0 bridgehead atoms. The maximum Gasteiger partial charge on any atom is 0.130 e. The lowest BCUT2D eigenvalue weighted by Gasteiger charge is -2.10. The fourth-order valence-corrected chi connectivity index (χ4v) is 1.26. The van der Waals surface area contributed by atoms with Crippen LogP contribution in [0.4, 0.5) is 0 Å². The highest BCUT2D eigenvalue weighted by Gasteiger charge is 2.09. The fourth-order valence-electron chi connectivity index (χ4n) is 1.26. The summed E-state index contributed by atoms with van der Waals surface area (Å²) in [6.07, 6.45) is 2.36. The van der Waals surface area contributed by atoms with Gasteiger partial charge >= 0.3 is 0 Å². The van der Waals surface area contributed by atoms with Gasteiger partial charge in [-0.3, -0.25) is 0 Å². The van der Waals surface area contributed by atoms with Crippen molar-refractivity contribution in [3.63, 3.8) is 0 Å². The Balaban J connectivity index is 3.59. The van der Waals surface area contributed by atoms with E-state index in [0.717, 1.165) is 12.7 Å². The van der Waals surface area contributed by atoms with Crippen LogP contribution in [0.3, 0.4) is 0 Å².